The number of aromatic carboxylic acids is 1. The maximum atomic E-state index is 10.6. The van der Waals surface area contributed by atoms with Crippen LogP contribution in [0.2, 0.25) is 0 Å². The summed E-state index contributed by atoms with van der Waals surface area (Å²) in [4.78, 5) is 14.4. The van der Waals surface area contributed by atoms with E-state index in [4.69, 9.17) is 14.4 Å². The topological polar surface area (TPSA) is 85.5 Å². The highest BCUT2D eigenvalue weighted by Gasteiger charge is 2.17. The number of hydrogen-bond acceptors (Lipinski definition) is 5. The number of methoxy groups -OCH3 is 1. The third-order valence-electron chi connectivity index (χ3n) is 2.20. The molecule has 88 valence electrons. The monoisotopic (exact) mass is 234 g/mol. The number of carbonyl (C=O) groups is 1. The minimum Gasteiger partial charge on any atom is -0.496 e. The van der Waals surface area contributed by atoms with Gasteiger partial charge in [0.2, 0.25) is 0 Å². The van der Waals surface area contributed by atoms with Crippen molar-refractivity contribution in [3.8, 4) is 17.2 Å². The predicted molar refractivity (Wildman–Crippen MR) is 58.0 cm³/mol. The molecule has 6 nitrogen and oxygen atoms in total. The summed E-state index contributed by atoms with van der Waals surface area (Å²) in [5.41, 5.74) is 1.58. The molecule has 0 aliphatic carbocycles. The van der Waals surface area contributed by atoms with E-state index in [-0.39, 0.29) is 11.7 Å². The number of aryl methyl sites for hydroxylation is 1. The lowest BCUT2D eigenvalue weighted by atomic mass is 10.1. The zero-order valence-electron chi connectivity index (χ0n) is 9.30. The summed E-state index contributed by atoms with van der Waals surface area (Å²) in [6.45, 7) is 1.92. The fourth-order valence-electron chi connectivity index (χ4n) is 1.39. The number of rotatable bonds is 3. The van der Waals surface area contributed by atoms with Gasteiger partial charge >= 0.3 is 5.97 Å². The number of carboxylic acid groups (broad SMARTS) is 1. The van der Waals surface area contributed by atoms with Gasteiger partial charge in [-0.05, 0) is 29.8 Å². The van der Waals surface area contributed by atoms with Gasteiger partial charge in [0.25, 0.3) is 11.7 Å². The Hall–Kier alpha value is -2.37. The summed E-state index contributed by atoms with van der Waals surface area (Å²) >= 11 is 0. The van der Waals surface area contributed by atoms with Crippen LogP contribution in [0.15, 0.2) is 22.7 Å². The second-order valence-corrected chi connectivity index (χ2v) is 3.43. The molecule has 1 aromatic carbocycles. The molecule has 0 radical (unpaired) electrons. The molecule has 0 bridgehead atoms. The Labute approximate surface area is 96.8 Å². The molecule has 0 fully saturated rings. The lowest BCUT2D eigenvalue weighted by Crippen LogP contribution is -1.98. The second kappa shape index (κ2) is 4.25. The van der Waals surface area contributed by atoms with Crippen LogP contribution in [-0.4, -0.2) is 28.3 Å². The Morgan fingerprint density at radius 3 is 2.82 bits per heavy atom. The number of carboxylic acids is 1. The Morgan fingerprint density at radius 1 is 1.47 bits per heavy atom. The molecule has 1 aromatic heterocycles. The van der Waals surface area contributed by atoms with Crippen molar-refractivity contribution in [2.75, 3.05) is 7.11 Å². The largest absolute Gasteiger partial charge is 0.496 e. The first-order valence-electron chi connectivity index (χ1n) is 4.84. The van der Waals surface area contributed by atoms with Gasteiger partial charge in [-0.3, -0.25) is 0 Å². The molecule has 0 unspecified atom stereocenters. The zero-order valence-corrected chi connectivity index (χ0v) is 9.30. The van der Waals surface area contributed by atoms with Crippen molar-refractivity contribution in [2.24, 2.45) is 0 Å². The summed E-state index contributed by atoms with van der Waals surface area (Å²) in [7, 11) is 1.52. The summed E-state index contributed by atoms with van der Waals surface area (Å²) < 4.78 is 10.0. The van der Waals surface area contributed by atoms with Gasteiger partial charge in [-0.15, -0.1) is 0 Å². The van der Waals surface area contributed by atoms with E-state index in [1.807, 2.05) is 13.0 Å². The Bertz CT molecular complexity index is 562. The van der Waals surface area contributed by atoms with Crippen LogP contribution < -0.4 is 4.74 Å². The van der Waals surface area contributed by atoms with Crippen molar-refractivity contribution in [1.29, 1.82) is 0 Å². The molecule has 0 saturated heterocycles. The summed E-state index contributed by atoms with van der Waals surface area (Å²) in [6, 6.07) is 5.40. The van der Waals surface area contributed by atoms with Gasteiger partial charge in [-0.2, -0.15) is 4.98 Å². The normalized spacial score (nSPS) is 10.2. The van der Waals surface area contributed by atoms with E-state index in [1.165, 1.54) is 7.11 Å². The Balaban J connectivity index is 2.48. The fourth-order valence-corrected chi connectivity index (χ4v) is 1.39. The van der Waals surface area contributed by atoms with E-state index >= 15 is 0 Å². The predicted octanol–water partition coefficient (Wildman–Crippen LogP) is 1.75. The molecule has 1 N–H and O–H groups in total. The van der Waals surface area contributed by atoms with Crippen LogP contribution in [0.25, 0.3) is 11.5 Å². The Kier molecular flexibility index (Phi) is 2.78. The summed E-state index contributed by atoms with van der Waals surface area (Å²) in [6.07, 6.45) is 0. The minimum atomic E-state index is -1.23. The van der Waals surface area contributed by atoms with Crippen LogP contribution in [0.1, 0.15) is 16.2 Å². The quantitative estimate of drug-likeness (QED) is 0.870. The van der Waals surface area contributed by atoms with E-state index in [2.05, 4.69) is 10.1 Å². The number of aromatic nitrogens is 2. The van der Waals surface area contributed by atoms with Crippen molar-refractivity contribution in [3.05, 3.63) is 29.6 Å². The van der Waals surface area contributed by atoms with E-state index in [9.17, 15) is 4.79 Å². The highest BCUT2D eigenvalue weighted by Crippen LogP contribution is 2.29. The SMILES string of the molecule is COc1cc(C)ccc1-c1nc(C(=O)O)no1. The average Bonchev–Trinajstić information content (AvgIpc) is 2.78. The molecule has 2 aromatic rings. The van der Waals surface area contributed by atoms with Crippen molar-refractivity contribution < 1.29 is 19.2 Å². The van der Waals surface area contributed by atoms with E-state index < -0.39 is 5.97 Å². The van der Waals surface area contributed by atoms with Crippen molar-refractivity contribution >= 4 is 5.97 Å². The van der Waals surface area contributed by atoms with Crippen molar-refractivity contribution in [1.82, 2.24) is 10.1 Å². The summed E-state index contributed by atoms with van der Waals surface area (Å²) in [5.74, 6) is -0.918. The molecule has 0 saturated carbocycles. The third kappa shape index (κ3) is 2.10. The third-order valence-corrected chi connectivity index (χ3v) is 2.20. The van der Waals surface area contributed by atoms with Crippen LogP contribution in [0.5, 0.6) is 5.75 Å². The highest BCUT2D eigenvalue weighted by atomic mass is 16.5. The maximum Gasteiger partial charge on any atom is 0.377 e. The number of hydrogen-bond donors (Lipinski definition) is 1. The lowest BCUT2D eigenvalue weighted by molar-refractivity contribution is 0.0680. The number of nitrogens with zero attached hydrogens (tertiary/aromatic N) is 2. The zero-order chi connectivity index (χ0) is 12.4. The van der Waals surface area contributed by atoms with Crippen molar-refractivity contribution in [2.45, 2.75) is 6.92 Å². The van der Waals surface area contributed by atoms with Gasteiger partial charge in [0.1, 0.15) is 5.75 Å². The maximum absolute atomic E-state index is 10.6. The molecule has 1 heterocycles. The van der Waals surface area contributed by atoms with Gasteiger partial charge in [-0.1, -0.05) is 6.07 Å². The van der Waals surface area contributed by atoms with E-state index in [1.54, 1.807) is 12.1 Å². The Morgan fingerprint density at radius 2 is 2.24 bits per heavy atom. The van der Waals surface area contributed by atoms with Gasteiger partial charge in [0, 0.05) is 0 Å². The van der Waals surface area contributed by atoms with Gasteiger partial charge in [-0.25, -0.2) is 4.79 Å². The van der Waals surface area contributed by atoms with Gasteiger partial charge in [0.05, 0.1) is 12.7 Å². The van der Waals surface area contributed by atoms with E-state index in [0.717, 1.165) is 5.56 Å². The fraction of sp³-hybridized carbons (Fsp3) is 0.182. The van der Waals surface area contributed by atoms with Gasteiger partial charge in [0.15, 0.2) is 0 Å². The van der Waals surface area contributed by atoms with Crippen molar-refractivity contribution in [3.63, 3.8) is 0 Å². The molecule has 2 rings (SSSR count). The first kappa shape index (κ1) is 11.1. The molecular formula is C11H10N2O4. The molecule has 0 spiro atoms. The van der Waals surface area contributed by atoms with E-state index in [0.29, 0.717) is 11.3 Å². The minimum absolute atomic E-state index is 0.124. The molecule has 0 aliphatic rings. The standard InChI is InChI=1S/C11H10N2O4/c1-6-3-4-7(8(5-6)16-2)10-12-9(11(14)15)13-17-10/h3-5H,1-2H3,(H,14,15). The molecule has 0 aliphatic heterocycles. The molecular weight excluding hydrogens is 224 g/mol. The first-order chi connectivity index (χ1) is 8.11. The molecule has 6 heteroatoms. The number of ether oxygens (including phenoxy) is 1. The van der Waals surface area contributed by atoms with Crippen LogP contribution in [-0.2, 0) is 0 Å². The van der Waals surface area contributed by atoms with Crippen LogP contribution in [0.3, 0.4) is 0 Å². The summed E-state index contributed by atoms with van der Waals surface area (Å²) in [5, 5.41) is 12.0. The lowest BCUT2D eigenvalue weighted by Gasteiger charge is -2.05. The molecule has 0 atom stereocenters. The highest BCUT2D eigenvalue weighted by molar-refractivity contribution is 5.83. The smallest absolute Gasteiger partial charge is 0.377 e. The number of benzene rings is 1. The average molecular weight is 234 g/mol. The second-order valence-electron chi connectivity index (χ2n) is 3.43. The molecule has 0 amide bonds. The molecule has 17 heavy (non-hydrogen) atoms. The first-order valence-corrected chi connectivity index (χ1v) is 4.84. The van der Waals surface area contributed by atoms with Crippen LogP contribution in [0, 0.1) is 6.92 Å². The van der Waals surface area contributed by atoms with Crippen LogP contribution >= 0.6 is 0 Å². The van der Waals surface area contributed by atoms with Crippen LogP contribution in [0.4, 0.5) is 0 Å². The van der Waals surface area contributed by atoms with Gasteiger partial charge < -0.3 is 14.4 Å².